The number of benzene rings is 3. The number of carbonyl (C=O) groups excluding carboxylic acids is 2. The molecule has 164 valence electrons. The summed E-state index contributed by atoms with van der Waals surface area (Å²) in [5.41, 5.74) is 1.89. The van der Waals surface area contributed by atoms with Crippen LogP contribution in [0.5, 0.6) is 11.5 Å². The van der Waals surface area contributed by atoms with Crippen molar-refractivity contribution < 1.29 is 23.8 Å². The first-order chi connectivity index (χ1) is 15.7. The quantitative estimate of drug-likeness (QED) is 0.570. The van der Waals surface area contributed by atoms with Crippen molar-refractivity contribution in [1.29, 1.82) is 0 Å². The molecule has 0 aliphatic carbocycles. The number of hydrogen-bond acceptors (Lipinski definition) is 5. The van der Waals surface area contributed by atoms with E-state index in [4.69, 9.17) is 14.2 Å². The second-order valence-electron chi connectivity index (χ2n) is 8.17. The van der Waals surface area contributed by atoms with Crippen molar-refractivity contribution >= 4 is 22.6 Å². The van der Waals surface area contributed by atoms with Gasteiger partial charge < -0.3 is 19.1 Å². The lowest BCUT2D eigenvalue weighted by atomic mass is 10.0. The third kappa shape index (κ3) is 4.26. The van der Waals surface area contributed by atoms with Crippen molar-refractivity contribution in [2.75, 3.05) is 26.4 Å². The average Bonchev–Trinajstić information content (AvgIpc) is 3.32. The van der Waals surface area contributed by atoms with E-state index in [1.54, 1.807) is 4.90 Å². The summed E-state index contributed by atoms with van der Waals surface area (Å²) in [4.78, 5) is 27.0. The number of carbonyl (C=O) groups is 2. The highest BCUT2D eigenvalue weighted by Gasteiger charge is 2.31. The predicted molar refractivity (Wildman–Crippen MR) is 120 cm³/mol. The molecule has 2 aliphatic heterocycles. The second kappa shape index (κ2) is 8.91. The Morgan fingerprint density at radius 1 is 0.938 bits per heavy atom. The second-order valence-corrected chi connectivity index (χ2v) is 8.17. The molecule has 1 unspecified atom stereocenters. The minimum Gasteiger partial charge on any atom is -0.486 e. The van der Waals surface area contributed by atoms with Crippen LogP contribution in [0.3, 0.4) is 0 Å². The van der Waals surface area contributed by atoms with Gasteiger partial charge in [-0.3, -0.25) is 9.59 Å². The lowest BCUT2D eigenvalue weighted by Crippen LogP contribution is -2.34. The molecule has 0 saturated carbocycles. The van der Waals surface area contributed by atoms with Gasteiger partial charge in [0, 0.05) is 6.54 Å². The first-order valence-corrected chi connectivity index (χ1v) is 11.0. The van der Waals surface area contributed by atoms with Crippen molar-refractivity contribution in [1.82, 2.24) is 4.90 Å². The van der Waals surface area contributed by atoms with Crippen molar-refractivity contribution in [3.63, 3.8) is 0 Å². The Morgan fingerprint density at radius 2 is 1.75 bits per heavy atom. The molecule has 0 spiro atoms. The number of nitrogens with zero attached hydrogens (tertiary/aromatic N) is 1. The van der Waals surface area contributed by atoms with E-state index < -0.39 is 5.97 Å². The molecule has 32 heavy (non-hydrogen) atoms. The molecule has 0 radical (unpaired) electrons. The standard InChI is InChI=1S/C26H25NO5/c28-25(17-32-26(29)15-18-7-8-19-4-1-2-5-20(19)14-18)27-11-3-6-22(27)21-9-10-23-24(16-21)31-13-12-30-23/h1-2,4-5,7-10,14,16,22H,3,6,11-13,15,17H2. The smallest absolute Gasteiger partial charge is 0.310 e. The molecule has 3 aromatic carbocycles. The van der Waals surface area contributed by atoms with Gasteiger partial charge in [-0.2, -0.15) is 0 Å². The highest BCUT2D eigenvalue weighted by Crippen LogP contribution is 2.38. The lowest BCUT2D eigenvalue weighted by molar-refractivity contribution is -0.151. The number of likely N-dealkylation sites (tertiary alicyclic amines) is 1. The summed E-state index contributed by atoms with van der Waals surface area (Å²) in [6, 6.07) is 19.7. The molecule has 0 aromatic heterocycles. The molecular weight excluding hydrogens is 406 g/mol. The molecule has 1 atom stereocenters. The van der Waals surface area contributed by atoms with E-state index in [1.165, 1.54) is 0 Å². The van der Waals surface area contributed by atoms with Gasteiger partial charge in [-0.25, -0.2) is 0 Å². The molecule has 1 saturated heterocycles. The Labute approximate surface area is 186 Å². The summed E-state index contributed by atoms with van der Waals surface area (Å²) in [5.74, 6) is 0.881. The Kier molecular flexibility index (Phi) is 5.67. The van der Waals surface area contributed by atoms with Gasteiger partial charge in [0.05, 0.1) is 12.5 Å². The molecule has 0 N–H and O–H groups in total. The maximum atomic E-state index is 12.8. The minimum atomic E-state index is -0.399. The van der Waals surface area contributed by atoms with Crippen LogP contribution in [0.1, 0.15) is 30.0 Å². The maximum Gasteiger partial charge on any atom is 0.310 e. The number of fused-ring (bicyclic) bond motifs is 2. The van der Waals surface area contributed by atoms with Gasteiger partial charge in [-0.1, -0.05) is 48.5 Å². The molecule has 6 nitrogen and oxygen atoms in total. The Morgan fingerprint density at radius 3 is 2.62 bits per heavy atom. The van der Waals surface area contributed by atoms with Crippen molar-refractivity contribution in [2.45, 2.75) is 25.3 Å². The molecule has 5 rings (SSSR count). The average molecular weight is 431 g/mol. The van der Waals surface area contributed by atoms with Crippen LogP contribution in [0.4, 0.5) is 0 Å². The fourth-order valence-electron chi connectivity index (χ4n) is 4.47. The molecule has 1 fully saturated rings. The third-order valence-electron chi connectivity index (χ3n) is 6.04. The molecule has 1 amide bonds. The minimum absolute atomic E-state index is 0.0440. The highest BCUT2D eigenvalue weighted by molar-refractivity contribution is 5.85. The monoisotopic (exact) mass is 431 g/mol. The van der Waals surface area contributed by atoms with Crippen LogP contribution in [-0.4, -0.2) is 43.1 Å². The van der Waals surface area contributed by atoms with Gasteiger partial charge in [0.2, 0.25) is 0 Å². The summed E-state index contributed by atoms with van der Waals surface area (Å²) in [5, 5.41) is 2.20. The third-order valence-corrected chi connectivity index (χ3v) is 6.04. The van der Waals surface area contributed by atoms with E-state index in [0.29, 0.717) is 19.8 Å². The first-order valence-electron chi connectivity index (χ1n) is 11.0. The highest BCUT2D eigenvalue weighted by atomic mass is 16.6. The van der Waals surface area contributed by atoms with Crippen molar-refractivity contribution in [3.05, 3.63) is 71.8 Å². The largest absolute Gasteiger partial charge is 0.486 e. The van der Waals surface area contributed by atoms with Crippen LogP contribution in [0.25, 0.3) is 10.8 Å². The van der Waals surface area contributed by atoms with Crippen LogP contribution in [-0.2, 0) is 20.7 Å². The SMILES string of the molecule is O=C(Cc1ccc2ccccc2c1)OCC(=O)N1CCCC1c1ccc2c(c1)OCCO2. The van der Waals surface area contributed by atoms with E-state index >= 15 is 0 Å². The Hall–Kier alpha value is -3.54. The van der Waals surface area contributed by atoms with Gasteiger partial charge in [-0.15, -0.1) is 0 Å². The Bertz CT molecular complexity index is 1160. The van der Waals surface area contributed by atoms with E-state index in [-0.39, 0.29) is 25.0 Å². The van der Waals surface area contributed by atoms with Crippen molar-refractivity contribution in [3.8, 4) is 11.5 Å². The van der Waals surface area contributed by atoms with Crippen LogP contribution >= 0.6 is 0 Å². The van der Waals surface area contributed by atoms with Crippen LogP contribution < -0.4 is 9.47 Å². The van der Waals surface area contributed by atoms with Gasteiger partial charge >= 0.3 is 5.97 Å². The zero-order chi connectivity index (χ0) is 21.9. The summed E-state index contributed by atoms with van der Waals surface area (Å²) >= 11 is 0. The maximum absolute atomic E-state index is 12.8. The molecule has 2 heterocycles. The van der Waals surface area contributed by atoms with Gasteiger partial charge in [0.15, 0.2) is 18.1 Å². The number of hydrogen-bond donors (Lipinski definition) is 0. The molecule has 6 heteroatoms. The fourth-order valence-corrected chi connectivity index (χ4v) is 4.47. The zero-order valence-electron chi connectivity index (χ0n) is 17.8. The van der Waals surface area contributed by atoms with Gasteiger partial charge in [0.1, 0.15) is 13.2 Å². The number of ether oxygens (including phenoxy) is 3. The molecule has 2 aliphatic rings. The molecular formula is C26H25NO5. The summed E-state index contributed by atoms with van der Waals surface area (Å²) in [6.07, 6.45) is 1.93. The van der Waals surface area contributed by atoms with Crippen molar-refractivity contribution in [2.24, 2.45) is 0 Å². The number of esters is 1. The molecule has 0 bridgehead atoms. The van der Waals surface area contributed by atoms with E-state index in [2.05, 4.69) is 0 Å². The fraction of sp³-hybridized carbons (Fsp3) is 0.308. The summed E-state index contributed by atoms with van der Waals surface area (Å²) < 4.78 is 16.6. The molecule has 3 aromatic rings. The summed E-state index contributed by atoms with van der Waals surface area (Å²) in [7, 11) is 0. The lowest BCUT2D eigenvalue weighted by Gasteiger charge is -2.26. The first kappa shape index (κ1) is 20.4. The van der Waals surface area contributed by atoms with Crippen LogP contribution in [0, 0.1) is 0 Å². The van der Waals surface area contributed by atoms with E-state index in [0.717, 1.165) is 46.2 Å². The van der Waals surface area contributed by atoms with E-state index in [1.807, 2.05) is 60.7 Å². The normalized spacial score (nSPS) is 17.4. The number of rotatable bonds is 5. The van der Waals surface area contributed by atoms with E-state index in [9.17, 15) is 9.59 Å². The number of amides is 1. The van der Waals surface area contributed by atoms with Gasteiger partial charge in [-0.05, 0) is 46.9 Å². The van der Waals surface area contributed by atoms with Gasteiger partial charge in [0.25, 0.3) is 5.91 Å². The Balaban J connectivity index is 1.20. The summed E-state index contributed by atoms with van der Waals surface area (Å²) in [6.45, 7) is 1.48. The van der Waals surface area contributed by atoms with Crippen LogP contribution in [0.2, 0.25) is 0 Å². The topological polar surface area (TPSA) is 65.1 Å². The van der Waals surface area contributed by atoms with Crippen LogP contribution in [0.15, 0.2) is 60.7 Å². The predicted octanol–water partition coefficient (Wildman–Crippen LogP) is 4.06. The zero-order valence-corrected chi connectivity index (χ0v) is 17.8.